The summed E-state index contributed by atoms with van der Waals surface area (Å²) < 4.78 is 10.4. The standard InChI is InChI=1S/C23H22ClN3O4/c1-15-21(30-2)11-18(13-25-15)22(28)26-12-16-5-9-20(10-6-16)27-23(29)31-14-17-3-7-19(24)8-4-17/h3-11,13H,12,14H2,1-2H3,(H,26,28)(H,27,29). The number of pyridine rings is 1. The van der Waals surface area contributed by atoms with Crippen LogP contribution in [-0.4, -0.2) is 24.1 Å². The van der Waals surface area contributed by atoms with Crippen molar-refractivity contribution >= 4 is 29.3 Å². The highest BCUT2D eigenvalue weighted by Gasteiger charge is 2.10. The Morgan fingerprint density at radius 3 is 2.39 bits per heavy atom. The number of hydrogen-bond donors (Lipinski definition) is 2. The van der Waals surface area contributed by atoms with E-state index in [0.717, 1.165) is 11.1 Å². The van der Waals surface area contributed by atoms with E-state index in [2.05, 4.69) is 15.6 Å². The van der Waals surface area contributed by atoms with Gasteiger partial charge in [0.2, 0.25) is 0 Å². The number of ether oxygens (including phenoxy) is 2. The maximum Gasteiger partial charge on any atom is 0.411 e. The average molecular weight is 440 g/mol. The van der Waals surface area contributed by atoms with Crippen molar-refractivity contribution < 1.29 is 19.1 Å². The third-order valence-corrected chi connectivity index (χ3v) is 4.71. The predicted octanol–water partition coefficient (Wildman–Crippen LogP) is 4.73. The van der Waals surface area contributed by atoms with Gasteiger partial charge in [-0.2, -0.15) is 0 Å². The highest BCUT2D eigenvalue weighted by molar-refractivity contribution is 6.30. The third kappa shape index (κ3) is 6.45. The van der Waals surface area contributed by atoms with Gasteiger partial charge in [-0.05, 0) is 48.4 Å². The van der Waals surface area contributed by atoms with E-state index >= 15 is 0 Å². The normalized spacial score (nSPS) is 10.3. The maximum atomic E-state index is 12.3. The molecule has 0 saturated carbocycles. The zero-order valence-corrected chi connectivity index (χ0v) is 17.9. The van der Waals surface area contributed by atoms with Gasteiger partial charge in [-0.1, -0.05) is 35.9 Å². The Morgan fingerprint density at radius 2 is 1.71 bits per heavy atom. The molecule has 2 N–H and O–H groups in total. The van der Waals surface area contributed by atoms with E-state index in [1.54, 1.807) is 42.5 Å². The molecule has 0 fully saturated rings. The molecule has 0 aliphatic rings. The number of anilines is 1. The van der Waals surface area contributed by atoms with Crippen LogP contribution in [-0.2, 0) is 17.9 Å². The van der Waals surface area contributed by atoms with Crippen LogP contribution < -0.4 is 15.4 Å². The molecule has 7 nitrogen and oxygen atoms in total. The summed E-state index contributed by atoms with van der Waals surface area (Å²) in [5.41, 5.74) is 3.44. The van der Waals surface area contributed by atoms with Crippen LogP contribution in [0.3, 0.4) is 0 Å². The van der Waals surface area contributed by atoms with E-state index in [1.165, 1.54) is 13.3 Å². The van der Waals surface area contributed by atoms with Gasteiger partial charge in [-0.3, -0.25) is 15.1 Å². The predicted molar refractivity (Wildman–Crippen MR) is 118 cm³/mol. The second-order valence-corrected chi connectivity index (χ2v) is 7.16. The molecular formula is C23H22ClN3O4. The lowest BCUT2D eigenvalue weighted by atomic mass is 10.2. The smallest absolute Gasteiger partial charge is 0.411 e. The summed E-state index contributed by atoms with van der Waals surface area (Å²) in [6, 6.07) is 15.8. The number of benzene rings is 2. The number of carbonyl (C=O) groups is 2. The Bertz CT molecular complexity index is 1050. The van der Waals surface area contributed by atoms with Gasteiger partial charge >= 0.3 is 6.09 Å². The molecule has 3 aromatic rings. The Labute approximate surface area is 185 Å². The highest BCUT2D eigenvalue weighted by atomic mass is 35.5. The summed E-state index contributed by atoms with van der Waals surface area (Å²) in [6.07, 6.45) is 0.951. The van der Waals surface area contributed by atoms with Crippen molar-refractivity contribution in [2.75, 3.05) is 12.4 Å². The Balaban J connectivity index is 1.47. The number of amides is 2. The zero-order valence-electron chi connectivity index (χ0n) is 17.1. The van der Waals surface area contributed by atoms with Crippen LogP contribution in [0.15, 0.2) is 60.8 Å². The first-order valence-corrected chi connectivity index (χ1v) is 9.88. The molecule has 2 amide bonds. The molecule has 1 heterocycles. The largest absolute Gasteiger partial charge is 0.495 e. The lowest BCUT2D eigenvalue weighted by Gasteiger charge is -2.10. The lowest BCUT2D eigenvalue weighted by Crippen LogP contribution is -2.23. The monoisotopic (exact) mass is 439 g/mol. The number of aromatic nitrogens is 1. The summed E-state index contributed by atoms with van der Waals surface area (Å²) in [5.74, 6) is 0.310. The summed E-state index contributed by atoms with van der Waals surface area (Å²) in [5, 5.41) is 6.12. The molecule has 0 radical (unpaired) electrons. The molecule has 160 valence electrons. The fourth-order valence-electron chi connectivity index (χ4n) is 2.72. The van der Waals surface area contributed by atoms with E-state index in [1.807, 2.05) is 19.1 Å². The van der Waals surface area contributed by atoms with E-state index in [-0.39, 0.29) is 12.5 Å². The first-order chi connectivity index (χ1) is 14.9. The number of carbonyl (C=O) groups excluding carboxylic acids is 2. The summed E-state index contributed by atoms with van der Waals surface area (Å²) in [4.78, 5) is 28.4. The van der Waals surface area contributed by atoms with Gasteiger partial charge in [0.05, 0.1) is 18.4 Å². The van der Waals surface area contributed by atoms with E-state index < -0.39 is 6.09 Å². The highest BCUT2D eigenvalue weighted by Crippen LogP contribution is 2.17. The second-order valence-electron chi connectivity index (χ2n) is 6.72. The molecule has 3 rings (SSSR count). The van der Waals surface area contributed by atoms with Crippen molar-refractivity contribution in [1.82, 2.24) is 10.3 Å². The number of nitrogens with zero attached hydrogens (tertiary/aromatic N) is 1. The second kappa shape index (κ2) is 10.4. The van der Waals surface area contributed by atoms with Gasteiger partial charge in [0.15, 0.2) is 0 Å². The minimum atomic E-state index is -0.558. The molecule has 0 bridgehead atoms. The van der Waals surface area contributed by atoms with Crippen LogP contribution >= 0.6 is 11.6 Å². The van der Waals surface area contributed by atoms with Crippen molar-refractivity contribution in [3.63, 3.8) is 0 Å². The van der Waals surface area contributed by atoms with Crippen molar-refractivity contribution in [3.05, 3.63) is 88.2 Å². The van der Waals surface area contributed by atoms with Crippen molar-refractivity contribution in [2.45, 2.75) is 20.1 Å². The first kappa shape index (κ1) is 22.1. The SMILES string of the molecule is COc1cc(C(=O)NCc2ccc(NC(=O)OCc3ccc(Cl)cc3)cc2)cnc1C. The fourth-order valence-corrected chi connectivity index (χ4v) is 2.84. The van der Waals surface area contributed by atoms with Crippen LogP contribution in [0.2, 0.25) is 5.02 Å². The van der Waals surface area contributed by atoms with Crippen LogP contribution in [0.4, 0.5) is 10.5 Å². The van der Waals surface area contributed by atoms with E-state index in [0.29, 0.717) is 34.3 Å². The van der Waals surface area contributed by atoms with Gasteiger partial charge in [-0.15, -0.1) is 0 Å². The average Bonchev–Trinajstić information content (AvgIpc) is 2.78. The van der Waals surface area contributed by atoms with Gasteiger partial charge in [-0.25, -0.2) is 4.79 Å². The van der Waals surface area contributed by atoms with Crippen molar-refractivity contribution in [2.24, 2.45) is 0 Å². The van der Waals surface area contributed by atoms with Crippen molar-refractivity contribution in [3.8, 4) is 5.75 Å². The zero-order chi connectivity index (χ0) is 22.2. The van der Waals surface area contributed by atoms with Gasteiger partial charge in [0.25, 0.3) is 5.91 Å². The summed E-state index contributed by atoms with van der Waals surface area (Å²) in [7, 11) is 1.54. The first-order valence-electron chi connectivity index (χ1n) is 9.50. The number of methoxy groups -OCH3 is 1. The number of nitrogens with one attached hydrogen (secondary N) is 2. The molecule has 0 aliphatic heterocycles. The molecule has 0 spiro atoms. The van der Waals surface area contributed by atoms with Crippen LogP contribution in [0.25, 0.3) is 0 Å². The molecule has 31 heavy (non-hydrogen) atoms. The Hall–Kier alpha value is -3.58. The summed E-state index contributed by atoms with van der Waals surface area (Å²) >= 11 is 5.83. The maximum absolute atomic E-state index is 12.3. The van der Waals surface area contributed by atoms with E-state index in [9.17, 15) is 9.59 Å². The molecule has 1 aromatic heterocycles. The van der Waals surface area contributed by atoms with E-state index in [4.69, 9.17) is 21.1 Å². The van der Waals surface area contributed by atoms with Crippen LogP contribution in [0.5, 0.6) is 5.75 Å². The molecule has 2 aromatic carbocycles. The number of rotatable bonds is 7. The van der Waals surface area contributed by atoms with Gasteiger partial charge < -0.3 is 14.8 Å². The van der Waals surface area contributed by atoms with Gasteiger partial charge in [0.1, 0.15) is 12.4 Å². The van der Waals surface area contributed by atoms with Crippen molar-refractivity contribution in [1.29, 1.82) is 0 Å². The molecular weight excluding hydrogens is 418 g/mol. The molecule has 0 unspecified atom stereocenters. The topological polar surface area (TPSA) is 89.6 Å². The minimum absolute atomic E-state index is 0.145. The Morgan fingerprint density at radius 1 is 1.03 bits per heavy atom. The molecule has 0 saturated heterocycles. The van der Waals surface area contributed by atoms with Gasteiger partial charge in [0, 0.05) is 23.5 Å². The summed E-state index contributed by atoms with van der Waals surface area (Å²) in [6.45, 7) is 2.28. The lowest BCUT2D eigenvalue weighted by molar-refractivity contribution is 0.0950. The van der Waals surface area contributed by atoms with Crippen LogP contribution in [0.1, 0.15) is 27.2 Å². The van der Waals surface area contributed by atoms with Crippen LogP contribution in [0, 0.1) is 6.92 Å². The number of hydrogen-bond acceptors (Lipinski definition) is 5. The number of halogens is 1. The number of aryl methyl sites for hydroxylation is 1. The Kier molecular flexibility index (Phi) is 7.45. The fraction of sp³-hybridized carbons (Fsp3) is 0.174. The quantitative estimate of drug-likeness (QED) is 0.555. The molecule has 0 aliphatic carbocycles. The molecule has 8 heteroatoms. The molecule has 0 atom stereocenters. The minimum Gasteiger partial charge on any atom is -0.495 e. The third-order valence-electron chi connectivity index (χ3n) is 4.46.